The molecule has 0 radical (unpaired) electrons. The van der Waals surface area contributed by atoms with E-state index in [1.54, 1.807) is 13.0 Å². The van der Waals surface area contributed by atoms with Crippen LogP contribution < -0.4 is 15.8 Å². The molecule has 37 heavy (non-hydrogen) atoms. The van der Waals surface area contributed by atoms with Gasteiger partial charge in [-0.05, 0) is 61.0 Å². The zero-order chi connectivity index (χ0) is 27.0. The van der Waals surface area contributed by atoms with Crippen molar-refractivity contribution in [3.05, 3.63) is 71.8 Å². The Balaban J connectivity index is 1.70. The number of halogens is 5. The number of hydrogen-bond donors (Lipinski definition) is 3. The molecule has 2 aromatic carbocycles. The molecule has 14 heteroatoms. The van der Waals surface area contributed by atoms with Crippen molar-refractivity contribution in [1.82, 2.24) is 15.0 Å². The van der Waals surface area contributed by atoms with Gasteiger partial charge in [-0.2, -0.15) is 18.2 Å². The van der Waals surface area contributed by atoms with E-state index >= 15 is 0 Å². The van der Waals surface area contributed by atoms with Crippen LogP contribution in [0.3, 0.4) is 0 Å². The van der Waals surface area contributed by atoms with Gasteiger partial charge in [0.05, 0.1) is 17.3 Å². The minimum Gasteiger partial charge on any atom is -0.359 e. The fourth-order valence-corrected chi connectivity index (χ4v) is 4.05. The van der Waals surface area contributed by atoms with Crippen molar-refractivity contribution < 1.29 is 30.4 Å². The van der Waals surface area contributed by atoms with Crippen LogP contribution in [0.5, 0.6) is 0 Å². The van der Waals surface area contributed by atoms with E-state index in [1.807, 2.05) is 0 Å². The summed E-state index contributed by atoms with van der Waals surface area (Å²) in [5.41, 5.74) is 1.46. The second-order valence-corrected chi connectivity index (χ2v) is 9.57. The molecular weight excluding hydrogens is 519 g/mol. The van der Waals surface area contributed by atoms with Crippen LogP contribution >= 0.6 is 0 Å². The summed E-state index contributed by atoms with van der Waals surface area (Å²) in [6, 6.07) is 11.2. The number of fused-ring (bicyclic) bond motifs is 1. The predicted octanol–water partition coefficient (Wildman–Crippen LogP) is 4.76. The van der Waals surface area contributed by atoms with Gasteiger partial charge in [0.2, 0.25) is 16.0 Å². The Kier molecular flexibility index (Phi) is 6.97. The van der Waals surface area contributed by atoms with E-state index in [1.165, 1.54) is 36.4 Å². The molecular formula is C23H19F5N6O2S. The number of hydrogen-bond acceptors (Lipinski definition) is 7. The number of rotatable bonds is 7. The standard InChI is InChI=1S/C23H19F5N6O2S/c1-12(14-4-9-19(16(25)10-14)37(29,35)36)31-22-33-18-8-7-17(13-2-5-15(24)6-3-13)32-20(18)21(34-22)30-11-23(26,27)28/h2-10,12H,11H2,1H3,(H2,29,35,36)(H2,30,31,33,34). The van der Waals surface area contributed by atoms with Crippen molar-refractivity contribution in [2.24, 2.45) is 5.14 Å². The number of anilines is 2. The molecule has 194 valence electrons. The Morgan fingerprint density at radius 3 is 2.30 bits per heavy atom. The molecule has 2 heterocycles. The number of alkyl halides is 3. The highest BCUT2D eigenvalue weighted by molar-refractivity contribution is 7.89. The molecule has 8 nitrogen and oxygen atoms in total. The Morgan fingerprint density at radius 2 is 1.68 bits per heavy atom. The first-order valence-corrected chi connectivity index (χ1v) is 12.2. The van der Waals surface area contributed by atoms with Crippen LogP contribution in [0.25, 0.3) is 22.3 Å². The lowest BCUT2D eigenvalue weighted by Gasteiger charge is -2.17. The van der Waals surface area contributed by atoms with E-state index in [-0.39, 0.29) is 22.8 Å². The summed E-state index contributed by atoms with van der Waals surface area (Å²) in [4.78, 5) is 12.1. The van der Waals surface area contributed by atoms with Crippen LogP contribution in [0.2, 0.25) is 0 Å². The molecule has 4 rings (SSSR count). The van der Waals surface area contributed by atoms with E-state index in [4.69, 9.17) is 5.14 Å². The van der Waals surface area contributed by atoms with Gasteiger partial charge in [0.15, 0.2) is 5.82 Å². The van der Waals surface area contributed by atoms with E-state index in [9.17, 15) is 30.4 Å². The summed E-state index contributed by atoms with van der Waals surface area (Å²) >= 11 is 0. The Bertz CT molecular complexity index is 1560. The van der Waals surface area contributed by atoms with Gasteiger partial charge in [0, 0.05) is 5.56 Å². The molecule has 0 bridgehead atoms. The van der Waals surface area contributed by atoms with Gasteiger partial charge in [-0.15, -0.1) is 0 Å². The fourth-order valence-electron chi connectivity index (χ4n) is 3.46. The van der Waals surface area contributed by atoms with Crippen molar-refractivity contribution in [1.29, 1.82) is 0 Å². The summed E-state index contributed by atoms with van der Waals surface area (Å²) in [6.07, 6.45) is -4.55. The number of sulfonamides is 1. The van der Waals surface area contributed by atoms with Crippen LogP contribution in [0.15, 0.2) is 59.5 Å². The maximum atomic E-state index is 14.3. The van der Waals surface area contributed by atoms with Crippen molar-refractivity contribution in [2.45, 2.75) is 24.0 Å². The van der Waals surface area contributed by atoms with Crippen molar-refractivity contribution in [3.63, 3.8) is 0 Å². The van der Waals surface area contributed by atoms with Crippen molar-refractivity contribution in [2.75, 3.05) is 17.2 Å². The highest BCUT2D eigenvalue weighted by Crippen LogP contribution is 2.28. The third-order valence-corrected chi connectivity index (χ3v) is 6.19. The number of aromatic nitrogens is 3. The van der Waals surface area contributed by atoms with Crippen LogP contribution in [0.4, 0.5) is 33.7 Å². The summed E-state index contributed by atoms with van der Waals surface area (Å²) < 4.78 is 89.3. The molecule has 1 atom stereocenters. The van der Waals surface area contributed by atoms with Crippen LogP contribution in [0, 0.1) is 11.6 Å². The Hall–Kier alpha value is -3.91. The molecule has 0 aliphatic rings. The predicted molar refractivity (Wildman–Crippen MR) is 127 cm³/mol. The van der Waals surface area contributed by atoms with E-state index in [0.29, 0.717) is 16.8 Å². The van der Waals surface area contributed by atoms with Gasteiger partial charge < -0.3 is 10.6 Å². The van der Waals surface area contributed by atoms with Gasteiger partial charge in [-0.3, -0.25) is 0 Å². The zero-order valence-electron chi connectivity index (χ0n) is 19.0. The average Bonchev–Trinajstić information content (AvgIpc) is 2.81. The third kappa shape index (κ3) is 6.27. The number of pyridine rings is 1. The molecule has 2 aromatic heterocycles. The minimum absolute atomic E-state index is 0.0489. The highest BCUT2D eigenvalue weighted by atomic mass is 32.2. The lowest BCUT2D eigenvalue weighted by molar-refractivity contribution is -0.115. The van der Waals surface area contributed by atoms with Crippen LogP contribution in [0.1, 0.15) is 18.5 Å². The molecule has 0 aliphatic carbocycles. The molecule has 4 N–H and O–H groups in total. The number of nitrogens with one attached hydrogen (secondary N) is 2. The smallest absolute Gasteiger partial charge is 0.359 e. The Morgan fingerprint density at radius 1 is 0.973 bits per heavy atom. The molecule has 0 aliphatic heterocycles. The zero-order valence-corrected chi connectivity index (χ0v) is 19.8. The van der Waals surface area contributed by atoms with E-state index in [0.717, 1.165) is 12.1 Å². The second-order valence-electron chi connectivity index (χ2n) is 8.04. The Labute approximate surface area is 207 Å². The molecule has 4 aromatic rings. The maximum Gasteiger partial charge on any atom is 0.405 e. The highest BCUT2D eigenvalue weighted by Gasteiger charge is 2.28. The number of nitrogens with zero attached hydrogens (tertiary/aromatic N) is 3. The van der Waals surface area contributed by atoms with Gasteiger partial charge in [0.25, 0.3) is 0 Å². The number of nitrogens with two attached hydrogens (primary N) is 1. The lowest BCUT2D eigenvalue weighted by Crippen LogP contribution is -2.22. The van der Waals surface area contributed by atoms with Crippen molar-refractivity contribution in [3.8, 4) is 11.3 Å². The van der Waals surface area contributed by atoms with Gasteiger partial charge in [-0.1, -0.05) is 6.07 Å². The van der Waals surface area contributed by atoms with E-state index < -0.39 is 45.3 Å². The topological polar surface area (TPSA) is 123 Å². The monoisotopic (exact) mass is 538 g/mol. The molecule has 0 amide bonds. The number of benzene rings is 2. The fraction of sp³-hybridized carbons (Fsp3) is 0.174. The molecule has 0 saturated carbocycles. The van der Waals surface area contributed by atoms with Gasteiger partial charge in [-0.25, -0.2) is 32.3 Å². The lowest BCUT2D eigenvalue weighted by atomic mass is 10.1. The summed E-state index contributed by atoms with van der Waals surface area (Å²) in [7, 11) is -4.25. The average molecular weight is 539 g/mol. The normalized spacial score (nSPS) is 12.9. The molecule has 0 fully saturated rings. The molecule has 1 unspecified atom stereocenters. The minimum atomic E-state index is -4.55. The molecule has 0 spiro atoms. The van der Waals surface area contributed by atoms with Crippen molar-refractivity contribution >= 4 is 32.8 Å². The number of primary sulfonamides is 1. The summed E-state index contributed by atoms with van der Waals surface area (Å²) in [6.45, 7) is 0.203. The maximum absolute atomic E-state index is 14.3. The first-order valence-electron chi connectivity index (χ1n) is 10.6. The first kappa shape index (κ1) is 26.2. The SMILES string of the molecule is CC(Nc1nc(NCC(F)(F)F)c2nc(-c3ccc(F)cc3)ccc2n1)c1ccc(S(N)(=O)=O)c(F)c1. The van der Waals surface area contributed by atoms with E-state index in [2.05, 4.69) is 25.6 Å². The second kappa shape index (κ2) is 9.86. The van der Waals surface area contributed by atoms with Crippen LogP contribution in [-0.4, -0.2) is 36.1 Å². The quantitative estimate of drug-likeness (QED) is 0.290. The largest absolute Gasteiger partial charge is 0.405 e. The summed E-state index contributed by atoms with van der Waals surface area (Å²) in [5, 5.41) is 10.1. The van der Waals surface area contributed by atoms with Gasteiger partial charge in [0.1, 0.15) is 28.6 Å². The molecule has 0 saturated heterocycles. The summed E-state index contributed by atoms with van der Waals surface area (Å²) in [5.74, 6) is -1.81. The van der Waals surface area contributed by atoms with Crippen LogP contribution in [-0.2, 0) is 10.0 Å². The van der Waals surface area contributed by atoms with Gasteiger partial charge >= 0.3 is 6.18 Å². The first-order chi connectivity index (χ1) is 17.3. The third-order valence-electron chi connectivity index (χ3n) is 5.25.